The number of benzene rings is 2. The van der Waals surface area contributed by atoms with Crippen molar-refractivity contribution in [2.45, 2.75) is 19.5 Å². The second kappa shape index (κ2) is 8.63. The number of carbonyl (C=O) groups is 2. The Labute approximate surface area is 185 Å². The largest absolute Gasteiger partial charge is 0.343 e. The van der Waals surface area contributed by atoms with Crippen molar-refractivity contribution in [3.63, 3.8) is 0 Å². The Balaban J connectivity index is 1.22. The van der Waals surface area contributed by atoms with E-state index in [0.29, 0.717) is 30.8 Å². The smallest absolute Gasteiger partial charge is 0.253 e. The highest BCUT2D eigenvalue weighted by atomic mass is 16.2. The fourth-order valence-corrected chi connectivity index (χ4v) is 4.05. The van der Waals surface area contributed by atoms with E-state index in [2.05, 4.69) is 21.5 Å². The normalized spacial score (nSPS) is 13.1. The molecule has 5 rings (SSSR count). The number of pyridine rings is 1. The highest BCUT2D eigenvalue weighted by molar-refractivity contribution is 5.98. The van der Waals surface area contributed by atoms with Crippen molar-refractivity contribution < 1.29 is 9.59 Å². The van der Waals surface area contributed by atoms with Crippen LogP contribution in [0.15, 0.2) is 73.1 Å². The van der Waals surface area contributed by atoms with Crippen LogP contribution in [0.4, 0.5) is 0 Å². The molecule has 1 N–H and O–H groups in total. The molecule has 2 aromatic heterocycles. The highest BCUT2D eigenvalue weighted by Crippen LogP contribution is 2.18. The molecule has 0 radical (unpaired) electrons. The average Bonchev–Trinajstić information content (AvgIpc) is 3.24. The molecule has 0 bridgehead atoms. The number of rotatable bonds is 5. The second-order valence-electron chi connectivity index (χ2n) is 7.94. The van der Waals surface area contributed by atoms with Crippen molar-refractivity contribution in [2.24, 2.45) is 0 Å². The summed E-state index contributed by atoms with van der Waals surface area (Å²) in [7, 11) is 0. The molecule has 3 heterocycles. The van der Waals surface area contributed by atoms with Gasteiger partial charge in [-0.2, -0.15) is 5.10 Å². The van der Waals surface area contributed by atoms with E-state index in [-0.39, 0.29) is 18.4 Å². The lowest BCUT2D eigenvalue weighted by atomic mass is 10.00. The van der Waals surface area contributed by atoms with Crippen LogP contribution in [0.2, 0.25) is 0 Å². The van der Waals surface area contributed by atoms with E-state index in [4.69, 9.17) is 0 Å². The molecule has 0 atom stereocenters. The van der Waals surface area contributed by atoms with Crippen LogP contribution in [0.1, 0.15) is 27.0 Å². The summed E-state index contributed by atoms with van der Waals surface area (Å²) in [5, 5.41) is 7.93. The van der Waals surface area contributed by atoms with Crippen molar-refractivity contribution in [3.8, 4) is 0 Å². The van der Waals surface area contributed by atoms with Gasteiger partial charge in [0.25, 0.3) is 5.91 Å². The molecule has 0 saturated heterocycles. The average molecular weight is 425 g/mol. The number of nitrogens with one attached hydrogen (secondary N) is 1. The van der Waals surface area contributed by atoms with Gasteiger partial charge in [-0.3, -0.25) is 9.59 Å². The molecule has 0 aliphatic carbocycles. The lowest BCUT2D eigenvalue weighted by Crippen LogP contribution is -2.42. The molecule has 2 aromatic carbocycles. The molecule has 0 fully saturated rings. The molecule has 0 spiro atoms. The van der Waals surface area contributed by atoms with E-state index in [1.165, 1.54) is 17.3 Å². The molecule has 2 amide bonds. The third-order valence-corrected chi connectivity index (χ3v) is 5.80. The fourth-order valence-electron chi connectivity index (χ4n) is 4.05. The lowest BCUT2D eigenvalue weighted by Gasteiger charge is -2.29. The van der Waals surface area contributed by atoms with Gasteiger partial charge in [0.15, 0.2) is 5.65 Å². The van der Waals surface area contributed by atoms with E-state index < -0.39 is 0 Å². The summed E-state index contributed by atoms with van der Waals surface area (Å²) in [5.74, 6) is -0.404. The van der Waals surface area contributed by atoms with Gasteiger partial charge < -0.3 is 10.2 Å². The number of hydrogen-bond acceptors (Lipinski definition) is 4. The van der Waals surface area contributed by atoms with Crippen molar-refractivity contribution >= 4 is 22.8 Å². The minimum absolute atomic E-state index is 0.0354. The number of aromatic nitrogens is 3. The number of fused-ring (bicyclic) bond motifs is 2. The first-order valence-electron chi connectivity index (χ1n) is 10.7. The van der Waals surface area contributed by atoms with Gasteiger partial charge in [-0.05, 0) is 29.2 Å². The molecule has 4 aromatic rings. The summed E-state index contributed by atoms with van der Waals surface area (Å²) in [5.41, 5.74) is 4.70. The van der Waals surface area contributed by atoms with Gasteiger partial charge in [0.2, 0.25) is 5.91 Å². The number of carbonyl (C=O) groups excluding carboxylic acids is 2. The van der Waals surface area contributed by atoms with Gasteiger partial charge in [0.1, 0.15) is 0 Å². The van der Waals surface area contributed by atoms with Gasteiger partial charge in [0, 0.05) is 24.7 Å². The SMILES string of the molecule is O=C(NCC(=O)N1CCc2ccccc2C1)c1cnc2c(cnn2Cc2ccccc2)c1. The molecular formula is C25H23N5O2. The predicted molar refractivity (Wildman–Crippen MR) is 121 cm³/mol. The summed E-state index contributed by atoms with van der Waals surface area (Å²) in [6.07, 6.45) is 4.07. The molecule has 32 heavy (non-hydrogen) atoms. The maximum Gasteiger partial charge on any atom is 0.253 e. The summed E-state index contributed by atoms with van der Waals surface area (Å²) in [6, 6.07) is 19.9. The first kappa shape index (κ1) is 19.9. The van der Waals surface area contributed by atoms with Gasteiger partial charge in [-0.1, -0.05) is 54.6 Å². The lowest BCUT2D eigenvalue weighted by molar-refractivity contribution is -0.131. The van der Waals surface area contributed by atoms with Gasteiger partial charge in [0.05, 0.1) is 24.8 Å². The van der Waals surface area contributed by atoms with E-state index in [0.717, 1.165) is 17.4 Å². The first-order chi connectivity index (χ1) is 15.7. The molecule has 7 heteroatoms. The molecule has 0 unspecified atom stereocenters. The summed E-state index contributed by atoms with van der Waals surface area (Å²) >= 11 is 0. The standard InChI is InChI=1S/C25H23N5O2/c31-23(29-11-10-19-8-4-5-9-20(19)17-29)15-27-25(32)22-12-21-14-28-30(24(21)26-13-22)16-18-6-2-1-3-7-18/h1-9,12-14H,10-11,15-17H2,(H,27,32). The number of nitrogens with zero attached hydrogens (tertiary/aromatic N) is 4. The van der Waals surface area contributed by atoms with Crippen molar-refractivity contribution in [1.82, 2.24) is 25.0 Å². The third kappa shape index (κ3) is 4.09. The van der Waals surface area contributed by atoms with E-state index in [9.17, 15) is 9.59 Å². The Morgan fingerprint density at radius 3 is 2.59 bits per heavy atom. The van der Waals surface area contributed by atoms with Gasteiger partial charge in [-0.25, -0.2) is 9.67 Å². The van der Waals surface area contributed by atoms with Crippen molar-refractivity contribution in [1.29, 1.82) is 0 Å². The Kier molecular flexibility index (Phi) is 5.37. The maximum atomic E-state index is 12.6. The monoisotopic (exact) mass is 425 g/mol. The van der Waals surface area contributed by atoms with Crippen LogP contribution in [0.25, 0.3) is 11.0 Å². The molecule has 160 valence electrons. The molecule has 0 saturated carbocycles. The highest BCUT2D eigenvalue weighted by Gasteiger charge is 2.21. The molecule has 1 aliphatic heterocycles. The zero-order valence-electron chi connectivity index (χ0n) is 17.6. The fraction of sp³-hybridized carbons (Fsp3) is 0.200. The quantitative estimate of drug-likeness (QED) is 0.533. The van der Waals surface area contributed by atoms with Crippen LogP contribution in [0.5, 0.6) is 0 Å². The zero-order chi connectivity index (χ0) is 21.9. The van der Waals surface area contributed by atoms with E-state index in [1.807, 2.05) is 53.2 Å². The Bertz CT molecular complexity index is 1280. The molecule has 7 nitrogen and oxygen atoms in total. The van der Waals surface area contributed by atoms with Crippen LogP contribution in [-0.2, 0) is 24.3 Å². The Morgan fingerprint density at radius 2 is 1.75 bits per heavy atom. The van der Waals surface area contributed by atoms with Crippen molar-refractivity contribution in [3.05, 3.63) is 95.3 Å². The first-order valence-corrected chi connectivity index (χ1v) is 10.7. The zero-order valence-corrected chi connectivity index (χ0v) is 17.6. The Morgan fingerprint density at radius 1 is 0.969 bits per heavy atom. The van der Waals surface area contributed by atoms with Crippen LogP contribution >= 0.6 is 0 Å². The summed E-state index contributed by atoms with van der Waals surface area (Å²) < 4.78 is 1.81. The van der Waals surface area contributed by atoms with E-state index in [1.54, 1.807) is 17.2 Å². The summed E-state index contributed by atoms with van der Waals surface area (Å²) in [4.78, 5) is 31.5. The second-order valence-corrected chi connectivity index (χ2v) is 7.94. The number of hydrogen-bond donors (Lipinski definition) is 1. The minimum Gasteiger partial charge on any atom is -0.343 e. The van der Waals surface area contributed by atoms with Crippen LogP contribution in [-0.4, -0.2) is 44.6 Å². The Hall–Kier alpha value is -4.00. The van der Waals surface area contributed by atoms with Gasteiger partial charge in [-0.15, -0.1) is 0 Å². The topological polar surface area (TPSA) is 80.1 Å². The minimum atomic E-state index is -0.319. The molecular weight excluding hydrogens is 402 g/mol. The molecule has 1 aliphatic rings. The maximum absolute atomic E-state index is 12.6. The predicted octanol–water partition coefficient (Wildman–Crippen LogP) is 2.79. The number of amides is 2. The van der Waals surface area contributed by atoms with Crippen LogP contribution in [0, 0.1) is 0 Å². The third-order valence-electron chi connectivity index (χ3n) is 5.80. The van der Waals surface area contributed by atoms with Crippen molar-refractivity contribution in [2.75, 3.05) is 13.1 Å². The van der Waals surface area contributed by atoms with E-state index >= 15 is 0 Å². The van der Waals surface area contributed by atoms with Crippen LogP contribution in [0.3, 0.4) is 0 Å². The van der Waals surface area contributed by atoms with Crippen LogP contribution < -0.4 is 5.32 Å². The summed E-state index contributed by atoms with van der Waals surface area (Å²) in [6.45, 7) is 1.82. The van der Waals surface area contributed by atoms with Gasteiger partial charge >= 0.3 is 0 Å².